The fourth-order valence-electron chi connectivity index (χ4n) is 5.30. The van der Waals surface area contributed by atoms with Crippen molar-refractivity contribution in [3.8, 4) is 0 Å². The van der Waals surface area contributed by atoms with Crippen LogP contribution in [0.1, 0.15) is 45.4 Å². The molecule has 23 heavy (non-hydrogen) atoms. The predicted octanol–water partition coefficient (Wildman–Crippen LogP) is 2.80. The van der Waals surface area contributed by atoms with Crippen LogP contribution in [0.15, 0.2) is 11.6 Å². The number of anilines is 1. The Labute approximate surface area is 140 Å². The number of rotatable bonds is 4. The first-order chi connectivity index (χ1) is 11.0. The lowest BCUT2D eigenvalue weighted by atomic mass is 9.49. The van der Waals surface area contributed by atoms with Crippen LogP contribution < -0.4 is 10.6 Å². The second-order valence-electron chi connectivity index (χ2n) is 7.72. The van der Waals surface area contributed by atoms with E-state index < -0.39 is 6.04 Å². The molecule has 4 bridgehead atoms. The zero-order chi connectivity index (χ0) is 16.0. The van der Waals surface area contributed by atoms with Gasteiger partial charge in [-0.25, -0.2) is 4.98 Å². The van der Waals surface area contributed by atoms with Crippen LogP contribution in [0.2, 0.25) is 0 Å². The van der Waals surface area contributed by atoms with Gasteiger partial charge in [0, 0.05) is 17.0 Å². The van der Waals surface area contributed by atoms with Crippen LogP contribution in [0.5, 0.6) is 0 Å². The van der Waals surface area contributed by atoms with Gasteiger partial charge in [-0.15, -0.1) is 11.3 Å². The second kappa shape index (κ2) is 5.58. The average Bonchev–Trinajstić information content (AvgIpc) is 2.98. The van der Waals surface area contributed by atoms with Crippen LogP contribution in [-0.2, 0) is 9.59 Å². The molecule has 1 aromatic heterocycles. The number of aromatic nitrogens is 1. The molecule has 4 fully saturated rings. The van der Waals surface area contributed by atoms with Crippen molar-refractivity contribution in [1.29, 1.82) is 0 Å². The van der Waals surface area contributed by atoms with Crippen molar-refractivity contribution in [1.82, 2.24) is 10.3 Å². The van der Waals surface area contributed by atoms with Crippen LogP contribution in [0.4, 0.5) is 5.13 Å². The molecule has 4 saturated carbocycles. The van der Waals surface area contributed by atoms with Gasteiger partial charge in [0.15, 0.2) is 5.13 Å². The maximum absolute atomic E-state index is 12.9. The fourth-order valence-corrected chi connectivity index (χ4v) is 5.83. The van der Waals surface area contributed by atoms with Crippen molar-refractivity contribution in [2.75, 3.05) is 5.32 Å². The summed E-state index contributed by atoms with van der Waals surface area (Å²) < 4.78 is 0. The number of amides is 2. The first-order valence-corrected chi connectivity index (χ1v) is 9.43. The van der Waals surface area contributed by atoms with Gasteiger partial charge in [0.2, 0.25) is 11.8 Å². The first-order valence-electron chi connectivity index (χ1n) is 8.55. The third-order valence-electron chi connectivity index (χ3n) is 5.92. The molecule has 0 unspecified atom stereocenters. The minimum absolute atomic E-state index is 0.0957. The monoisotopic (exact) mass is 333 g/mol. The molecule has 0 aliphatic heterocycles. The van der Waals surface area contributed by atoms with E-state index in [9.17, 15) is 9.59 Å². The summed E-state index contributed by atoms with van der Waals surface area (Å²) in [6, 6.07) is -0.528. The number of thiazole rings is 1. The average molecular weight is 333 g/mol. The SMILES string of the molecule is C[C@@H](NC(=O)C12CC3CC(CC(C3)C1)C2)C(=O)Nc1nccs1. The lowest BCUT2D eigenvalue weighted by Crippen LogP contribution is -2.56. The fraction of sp³-hybridized carbons (Fsp3) is 0.706. The highest BCUT2D eigenvalue weighted by molar-refractivity contribution is 7.13. The molecule has 5 nitrogen and oxygen atoms in total. The minimum atomic E-state index is -0.528. The number of carbonyl (C=O) groups excluding carboxylic acids is 2. The largest absolute Gasteiger partial charge is 0.344 e. The van der Waals surface area contributed by atoms with Gasteiger partial charge in [0.25, 0.3) is 0 Å². The smallest absolute Gasteiger partial charge is 0.248 e. The first kappa shape index (κ1) is 15.1. The van der Waals surface area contributed by atoms with E-state index in [0.29, 0.717) is 5.13 Å². The van der Waals surface area contributed by atoms with Gasteiger partial charge in [-0.2, -0.15) is 0 Å². The van der Waals surface area contributed by atoms with E-state index in [0.717, 1.165) is 37.0 Å². The molecule has 0 aromatic carbocycles. The molecule has 4 aliphatic rings. The summed E-state index contributed by atoms with van der Waals surface area (Å²) in [6.45, 7) is 1.75. The third kappa shape index (κ3) is 2.77. The molecule has 0 radical (unpaired) electrons. The number of hydrogen-bond acceptors (Lipinski definition) is 4. The summed E-state index contributed by atoms with van der Waals surface area (Å²) in [5.41, 5.74) is -0.204. The summed E-state index contributed by atoms with van der Waals surface area (Å²) in [5.74, 6) is 2.08. The van der Waals surface area contributed by atoms with Crippen molar-refractivity contribution in [2.24, 2.45) is 23.2 Å². The van der Waals surface area contributed by atoms with Crippen LogP contribution in [-0.4, -0.2) is 22.8 Å². The van der Waals surface area contributed by atoms with Crippen molar-refractivity contribution in [3.05, 3.63) is 11.6 Å². The maximum atomic E-state index is 12.9. The Morgan fingerprint density at radius 2 is 1.83 bits per heavy atom. The van der Waals surface area contributed by atoms with Crippen molar-refractivity contribution in [3.63, 3.8) is 0 Å². The van der Waals surface area contributed by atoms with Crippen molar-refractivity contribution >= 4 is 28.3 Å². The van der Waals surface area contributed by atoms with Gasteiger partial charge in [0.1, 0.15) is 6.04 Å². The van der Waals surface area contributed by atoms with Gasteiger partial charge < -0.3 is 10.6 Å². The Morgan fingerprint density at radius 1 is 1.22 bits per heavy atom. The van der Waals surface area contributed by atoms with Crippen LogP contribution in [0, 0.1) is 23.2 Å². The Morgan fingerprint density at radius 3 is 2.35 bits per heavy atom. The zero-order valence-electron chi connectivity index (χ0n) is 13.4. The van der Waals surface area contributed by atoms with E-state index in [-0.39, 0.29) is 17.2 Å². The summed E-state index contributed by atoms with van der Waals surface area (Å²) in [5, 5.41) is 8.12. The van der Waals surface area contributed by atoms with E-state index in [1.807, 2.05) is 5.38 Å². The molecule has 2 amide bonds. The number of nitrogens with zero attached hydrogens (tertiary/aromatic N) is 1. The van der Waals surface area contributed by atoms with Gasteiger partial charge in [-0.1, -0.05) is 0 Å². The van der Waals surface area contributed by atoms with E-state index in [2.05, 4.69) is 15.6 Å². The molecule has 2 N–H and O–H groups in total. The quantitative estimate of drug-likeness (QED) is 0.890. The van der Waals surface area contributed by atoms with Gasteiger partial charge in [-0.3, -0.25) is 9.59 Å². The molecule has 0 spiro atoms. The van der Waals surface area contributed by atoms with Crippen molar-refractivity contribution in [2.45, 2.75) is 51.5 Å². The number of hydrogen-bond donors (Lipinski definition) is 2. The highest BCUT2D eigenvalue weighted by Crippen LogP contribution is 2.60. The predicted molar refractivity (Wildman–Crippen MR) is 89.0 cm³/mol. The Kier molecular flexibility index (Phi) is 3.67. The summed E-state index contributed by atoms with van der Waals surface area (Å²) in [7, 11) is 0. The number of carbonyl (C=O) groups is 2. The molecule has 1 aromatic rings. The van der Waals surface area contributed by atoms with Crippen LogP contribution >= 0.6 is 11.3 Å². The zero-order valence-corrected chi connectivity index (χ0v) is 14.2. The normalized spacial score (nSPS) is 35.8. The lowest BCUT2D eigenvalue weighted by molar-refractivity contribution is -0.147. The molecule has 5 rings (SSSR count). The van der Waals surface area contributed by atoms with Crippen LogP contribution in [0.3, 0.4) is 0 Å². The molecule has 4 aliphatic carbocycles. The summed E-state index contributed by atoms with van der Waals surface area (Å²) >= 11 is 1.38. The van der Waals surface area contributed by atoms with Gasteiger partial charge >= 0.3 is 0 Å². The molecule has 1 heterocycles. The van der Waals surface area contributed by atoms with Crippen molar-refractivity contribution < 1.29 is 9.59 Å². The summed E-state index contributed by atoms with van der Waals surface area (Å²) in [6.07, 6.45) is 8.65. The summed E-state index contributed by atoms with van der Waals surface area (Å²) in [4.78, 5) is 29.2. The van der Waals surface area contributed by atoms with E-state index >= 15 is 0 Å². The van der Waals surface area contributed by atoms with E-state index in [4.69, 9.17) is 0 Å². The second-order valence-corrected chi connectivity index (χ2v) is 8.61. The highest BCUT2D eigenvalue weighted by Gasteiger charge is 2.54. The van der Waals surface area contributed by atoms with Gasteiger partial charge in [-0.05, 0) is 63.2 Å². The molecular weight excluding hydrogens is 310 g/mol. The molecule has 1 atom stereocenters. The number of nitrogens with one attached hydrogen (secondary N) is 2. The minimum Gasteiger partial charge on any atom is -0.344 e. The van der Waals surface area contributed by atoms with Gasteiger partial charge in [0.05, 0.1) is 0 Å². The lowest BCUT2D eigenvalue weighted by Gasteiger charge is -2.55. The van der Waals surface area contributed by atoms with E-state index in [1.54, 1.807) is 13.1 Å². The Bertz CT molecular complexity index is 578. The van der Waals surface area contributed by atoms with E-state index in [1.165, 1.54) is 30.6 Å². The maximum Gasteiger partial charge on any atom is 0.248 e. The molecular formula is C17H23N3O2S. The third-order valence-corrected chi connectivity index (χ3v) is 6.61. The highest BCUT2D eigenvalue weighted by atomic mass is 32.1. The topological polar surface area (TPSA) is 71.1 Å². The standard InChI is InChI=1S/C17H23N3O2S/c1-10(14(21)20-16-18-2-3-23-16)19-15(22)17-7-11-4-12(8-17)6-13(5-11)9-17/h2-3,10-13H,4-9H2,1H3,(H,19,22)(H,18,20,21)/t10-,11?,12?,13?,17?/m1/s1. The van der Waals surface area contributed by atoms with Crippen LogP contribution in [0.25, 0.3) is 0 Å². The Hall–Kier alpha value is -1.43. The molecule has 6 heteroatoms. The Balaban J connectivity index is 1.40. The molecule has 124 valence electrons. The molecule has 0 saturated heterocycles.